The predicted molar refractivity (Wildman–Crippen MR) is 259 cm³/mol. The Hall–Kier alpha value is -6.74. The fourth-order valence-electron chi connectivity index (χ4n) is 9.27. The van der Waals surface area contributed by atoms with Gasteiger partial charge in [0.05, 0.1) is 61.7 Å². The molecule has 1 unspecified atom stereocenters. The zero-order valence-electron chi connectivity index (χ0n) is 40.0. The Morgan fingerprint density at radius 1 is 0.861 bits per heavy atom. The third-order valence-electron chi connectivity index (χ3n) is 13.5. The van der Waals surface area contributed by atoms with Crippen LogP contribution >= 0.6 is 0 Å². The number of hydrogen-bond acceptors (Lipinski definition) is 14. The van der Waals surface area contributed by atoms with E-state index in [2.05, 4.69) is 35.9 Å². The largest absolute Gasteiger partial charge is 0.444 e. The first kappa shape index (κ1) is 50.2. The van der Waals surface area contributed by atoms with Crippen LogP contribution in [0.2, 0.25) is 0 Å². The number of likely N-dealkylation sites (tertiary alicyclic amines) is 1. The lowest BCUT2D eigenvalue weighted by Gasteiger charge is -2.32. The summed E-state index contributed by atoms with van der Waals surface area (Å²) in [5, 5.41) is 12.1. The van der Waals surface area contributed by atoms with Gasteiger partial charge in [0.25, 0.3) is 24.1 Å². The fourth-order valence-corrected chi connectivity index (χ4v) is 9.27. The van der Waals surface area contributed by atoms with Crippen LogP contribution in [0, 0.1) is 11.8 Å². The number of pyridine rings is 1. The molecule has 0 spiro atoms. The molecule has 2 saturated heterocycles. The lowest BCUT2D eigenvalue weighted by atomic mass is 9.87. The Morgan fingerprint density at radius 2 is 1.62 bits per heavy atom. The molecule has 20 heteroatoms. The maximum Gasteiger partial charge on any atom is 0.284 e. The molecule has 0 bridgehead atoms. The number of anilines is 2. The lowest BCUT2D eigenvalue weighted by Crippen LogP contribution is -2.54. The second-order valence-corrected chi connectivity index (χ2v) is 18.7. The summed E-state index contributed by atoms with van der Waals surface area (Å²) < 4.78 is 52.3. The summed E-state index contributed by atoms with van der Waals surface area (Å²) in [7, 11) is 0. The van der Waals surface area contributed by atoms with E-state index in [0.717, 1.165) is 74.3 Å². The molecule has 18 nitrogen and oxygen atoms in total. The molecule has 5 aromatic rings. The highest BCUT2D eigenvalue weighted by Gasteiger charge is 2.45. The quantitative estimate of drug-likeness (QED) is 0.0412. The third kappa shape index (κ3) is 12.6. The molecule has 2 aromatic carbocycles. The Morgan fingerprint density at radius 3 is 2.38 bits per heavy atom. The van der Waals surface area contributed by atoms with Gasteiger partial charge in [-0.05, 0) is 124 Å². The van der Waals surface area contributed by atoms with Crippen molar-refractivity contribution in [3.8, 4) is 17.1 Å². The Kier molecular flexibility index (Phi) is 16.5. The zero-order valence-corrected chi connectivity index (χ0v) is 40.0. The van der Waals surface area contributed by atoms with Gasteiger partial charge in [-0.2, -0.15) is 5.10 Å². The average molecular weight is 992 g/mol. The van der Waals surface area contributed by atoms with Gasteiger partial charge >= 0.3 is 0 Å². The monoisotopic (exact) mass is 991 g/mol. The number of benzene rings is 2. The topological polar surface area (TPSA) is 212 Å². The first-order chi connectivity index (χ1) is 35.1. The van der Waals surface area contributed by atoms with E-state index in [1.54, 1.807) is 42.6 Å². The minimum Gasteiger partial charge on any atom is -0.444 e. The molecule has 4 aliphatic rings. The van der Waals surface area contributed by atoms with Crippen LogP contribution in [0.3, 0.4) is 0 Å². The van der Waals surface area contributed by atoms with Crippen LogP contribution in [0.1, 0.15) is 106 Å². The molecule has 5 amide bonds. The van der Waals surface area contributed by atoms with Gasteiger partial charge in [-0.15, -0.1) is 0 Å². The van der Waals surface area contributed by atoms with Gasteiger partial charge in [0.15, 0.2) is 11.4 Å². The van der Waals surface area contributed by atoms with Crippen molar-refractivity contribution >= 4 is 41.0 Å². The number of fused-ring (bicyclic) bond motifs is 1. The molecule has 6 heterocycles. The summed E-state index contributed by atoms with van der Waals surface area (Å²) in [6.45, 7) is 6.56. The molecule has 9 rings (SSSR count). The molecule has 3 aliphatic heterocycles. The summed E-state index contributed by atoms with van der Waals surface area (Å²) in [5.74, 6) is -0.756. The van der Waals surface area contributed by atoms with E-state index in [1.807, 2.05) is 18.2 Å². The molecule has 1 atom stereocenters. The average Bonchev–Trinajstić information content (AvgIpc) is 3.78. The van der Waals surface area contributed by atoms with Crippen molar-refractivity contribution in [2.24, 2.45) is 11.8 Å². The van der Waals surface area contributed by atoms with Crippen LogP contribution in [0.5, 0.6) is 0 Å². The summed E-state index contributed by atoms with van der Waals surface area (Å²) >= 11 is 0. The van der Waals surface area contributed by atoms with Crippen LogP contribution in [-0.2, 0) is 36.6 Å². The summed E-state index contributed by atoms with van der Waals surface area (Å²) in [5.41, 5.74) is 3.04. The number of aryl methyl sites for hydroxylation is 1. The smallest absolute Gasteiger partial charge is 0.284 e. The number of aromatic nitrogens is 4. The molecule has 380 valence electrons. The van der Waals surface area contributed by atoms with Crippen molar-refractivity contribution in [1.29, 1.82) is 0 Å². The predicted octanol–water partition coefficient (Wildman–Crippen LogP) is 6.66. The van der Waals surface area contributed by atoms with Gasteiger partial charge < -0.3 is 34.2 Å². The molecule has 3 aromatic heterocycles. The number of nitrogens with one attached hydrogen (secondary N) is 3. The number of amides is 5. The van der Waals surface area contributed by atoms with Crippen molar-refractivity contribution in [3.05, 3.63) is 107 Å². The highest BCUT2D eigenvalue weighted by Crippen LogP contribution is 2.34. The van der Waals surface area contributed by atoms with Crippen LogP contribution < -0.4 is 16.0 Å². The number of carbonyl (C=O) groups excluding carboxylic acids is 5. The van der Waals surface area contributed by atoms with Crippen molar-refractivity contribution < 1.29 is 51.4 Å². The number of carbonyl (C=O) groups is 5. The number of halogens is 2. The number of imide groups is 2. The number of nitrogens with zero attached hydrogens (tertiary/aromatic N) is 6. The van der Waals surface area contributed by atoms with E-state index in [-0.39, 0.29) is 30.1 Å². The summed E-state index contributed by atoms with van der Waals surface area (Å²) in [6, 6.07) is 15.3. The number of alkyl halides is 2. The van der Waals surface area contributed by atoms with Crippen molar-refractivity contribution in [1.82, 2.24) is 34.9 Å². The van der Waals surface area contributed by atoms with E-state index < -0.39 is 47.7 Å². The highest BCUT2D eigenvalue weighted by atomic mass is 19.3. The van der Waals surface area contributed by atoms with E-state index in [0.29, 0.717) is 86.1 Å². The highest BCUT2D eigenvalue weighted by molar-refractivity contribution is 6.24. The number of piperidine rings is 2. The number of oxazole rings is 1. The van der Waals surface area contributed by atoms with E-state index in [4.69, 9.17) is 18.6 Å². The standard InChI is InChI=1S/C52H59F2N9O9/c53-47(54)46-40(57-48(65)41-32-72-50(58-41)37-15-18-55-43(29-37)56-30-35-7-8-35)31-62(60-46)38-11-9-33(10-12-38)4-1-2-22-69-24-26-71-27-25-70-23-21-61-19-16-34(17-20-61)28-36-5-3-6-39-45(36)52(68)63(51(39)67)42-13-14-44(64)59-49(42)66/h3,5-6,9-12,15,18,29,31-32,34-35,42,47H,1-2,4,7-8,13-14,16-17,19-28,30H2,(H,55,56)(H,57,65)(H,59,64,66). The maximum atomic E-state index is 14.1. The third-order valence-corrected chi connectivity index (χ3v) is 13.5. The molecule has 1 saturated carbocycles. The molecule has 72 heavy (non-hydrogen) atoms. The number of unbranched alkanes of at least 4 members (excludes halogenated alkanes) is 1. The minimum atomic E-state index is -2.93. The first-order valence-electron chi connectivity index (χ1n) is 24.8. The van der Waals surface area contributed by atoms with E-state index in [1.165, 1.54) is 30.0 Å². The number of rotatable bonds is 25. The van der Waals surface area contributed by atoms with Gasteiger partial charge in [-0.1, -0.05) is 24.3 Å². The number of ether oxygens (including phenoxy) is 3. The molecule has 0 radical (unpaired) electrons. The second kappa shape index (κ2) is 23.7. The molecule has 1 aliphatic carbocycles. The SMILES string of the molecule is O=C1CCC(N2C(=O)c3cccc(CC4CCN(CCOCCOCCOCCCCc5ccc(-n6cc(NC(=O)c7coc(-c8ccnc(NCC9CC9)c8)n7)c(C(F)F)n6)cc5)CC4)c3C2=O)C(=O)N1. The molecule has 3 fully saturated rings. The van der Waals surface area contributed by atoms with Gasteiger partial charge in [-0.25, -0.2) is 23.4 Å². The van der Waals surface area contributed by atoms with Crippen molar-refractivity contribution in [3.63, 3.8) is 0 Å². The first-order valence-corrected chi connectivity index (χ1v) is 24.8. The normalized spacial score (nSPS) is 17.5. The second-order valence-electron chi connectivity index (χ2n) is 18.7. The van der Waals surface area contributed by atoms with Crippen LogP contribution in [0.25, 0.3) is 17.1 Å². The van der Waals surface area contributed by atoms with Crippen molar-refractivity contribution in [2.75, 3.05) is 76.5 Å². The van der Waals surface area contributed by atoms with Crippen LogP contribution in [0.4, 0.5) is 20.3 Å². The van der Waals surface area contributed by atoms with Crippen LogP contribution in [0.15, 0.2) is 77.7 Å². The minimum absolute atomic E-state index is 0.0660. The van der Waals surface area contributed by atoms with Gasteiger partial charge in [0.2, 0.25) is 17.7 Å². The van der Waals surface area contributed by atoms with Crippen LogP contribution in [-0.4, -0.2) is 131 Å². The van der Waals surface area contributed by atoms with Crippen molar-refractivity contribution in [2.45, 2.75) is 76.7 Å². The Bertz CT molecular complexity index is 2720. The van der Waals surface area contributed by atoms with Gasteiger partial charge in [-0.3, -0.25) is 34.2 Å². The Labute approximate surface area is 415 Å². The summed E-state index contributed by atoms with van der Waals surface area (Å²) in [6.07, 6.45) is 9.01. The molecular weight excluding hydrogens is 933 g/mol. The van der Waals surface area contributed by atoms with Gasteiger partial charge in [0.1, 0.15) is 18.1 Å². The molecule has 3 N–H and O–H groups in total. The lowest BCUT2D eigenvalue weighted by molar-refractivity contribution is -0.136. The van der Waals surface area contributed by atoms with E-state index in [9.17, 15) is 32.8 Å². The maximum absolute atomic E-state index is 14.1. The van der Waals surface area contributed by atoms with Gasteiger partial charge in [0, 0.05) is 37.9 Å². The zero-order chi connectivity index (χ0) is 50.0. The Balaban J connectivity index is 0.607. The fraction of sp³-hybridized carbons (Fsp3) is 0.462. The van der Waals surface area contributed by atoms with E-state index >= 15 is 0 Å². The molecular formula is C52H59F2N9O9. The number of hydrogen-bond donors (Lipinski definition) is 3. The summed E-state index contributed by atoms with van der Waals surface area (Å²) in [4.78, 5) is 76.0.